The largest absolute Gasteiger partial charge is 0.311 e. The summed E-state index contributed by atoms with van der Waals surface area (Å²) in [6, 6.07) is 6.16. The Morgan fingerprint density at radius 2 is 2.10 bits per heavy atom. The van der Waals surface area contributed by atoms with Crippen molar-refractivity contribution >= 4 is 17.0 Å². The van der Waals surface area contributed by atoms with Crippen molar-refractivity contribution in [2.45, 2.75) is 6.54 Å². The van der Waals surface area contributed by atoms with E-state index in [0.29, 0.717) is 11.3 Å². The van der Waals surface area contributed by atoms with E-state index in [-0.39, 0.29) is 5.69 Å². The Labute approximate surface area is 117 Å². The molecule has 0 unspecified atom stereocenters. The van der Waals surface area contributed by atoms with E-state index in [4.69, 9.17) is 0 Å². The number of nitroso groups, excluding NO2 is 1. The molecule has 0 spiro atoms. The van der Waals surface area contributed by atoms with E-state index in [1.807, 2.05) is 5.38 Å². The predicted octanol–water partition coefficient (Wildman–Crippen LogP) is 2.89. The highest BCUT2D eigenvalue weighted by Crippen LogP contribution is 2.23. The molecule has 0 fully saturated rings. The molecule has 1 heterocycles. The van der Waals surface area contributed by atoms with Crippen LogP contribution in [0.4, 0.5) is 5.69 Å². The number of benzene rings is 1. The SMILES string of the molecule is C=CCn1c(-c2ccc([N+](=O)[O-])cc2)cs/c1=N/N=O. The molecule has 102 valence electrons. The molecule has 8 heteroatoms. The quantitative estimate of drug-likeness (QED) is 0.367. The monoisotopic (exact) mass is 290 g/mol. The number of nitro groups is 1. The number of thiazole rings is 1. The van der Waals surface area contributed by atoms with Crippen molar-refractivity contribution in [2.75, 3.05) is 0 Å². The standard InChI is InChI=1S/C12H10N4O3S/c1-2-7-15-11(8-20-12(15)13-14-17)9-3-5-10(6-4-9)16(18)19/h2-6,8H,1,7H2/b13-12+. The summed E-state index contributed by atoms with van der Waals surface area (Å²) >= 11 is 1.27. The zero-order valence-corrected chi connectivity index (χ0v) is 11.1. The van der Waals surface area contributed by atoms with Crippen LogP contribution in [-0.4, -0.2) is 9.49 Å². The van der Waals surface area contributed by atoms with Crippen LogP contribution in [0, 0.1) is 15.0 Å². The van der Waals surface area contributed by atoms with Crippen LogP contribution in [0.3, 0.4) is 0 Å². The van der Waals surface area contributed by atoms with Crippen LogP contribution in [-0.2, 0) is 6.54 Å². The Balaban J connectivity index is 2.51. The molecule has 0 saturated heterocycles. The van der Waals surface area contributed by atoms with Crippen LogP contribution in [0.15, 0.2) is 52.7 Å². The summed E-state index contributed by atoms with van der Waals surface area (Å²) in [6.07, 6.45) is 1.67. The van der Waals surface area contributed by atoms with E-state index < -0.39 is 4.92 Å². The van der Waals surface area contributed by atoms with Crippen molar-refractivity contribution in [1.82, 2.24) is 4.57 Å². The van der Waals surface area contributed by atoms with Gasteiger partial charge in [0.25, 0.3) is 5.69 Å². The molecule has 0 atom stereocenters. The highest BCUT2D eigenvalue weighted by atomic mass is 32.1. The molecule has 0 bridgehead atoms. The van der Waals surface area contributed by atoms with Crippen LogP contribution in [0.5, 0.6) is 0 Å². The van der Waals surface area contributed by atoms with Crippen LogP contribution < -0.4 is 4.80 Å². The van der Waals surface area contributed by atoms with Gasteiger partial charge in [-0.05, 0) is 17.7 Å². The van der Waals surface area contributed by atoms with E-state index >= 15 is 0 Å². The van der Waals surface area contributed by atoms with Gasteiger partial charge in [-0.15, -0.1) is 22.8 Å². The molecule has 0 saturated carbocycles. The summed E-state index contributed by atoms with van der Waals surface area (Å²) in [5.41, 5.74) is 1.62. The van der Waals surface area contributed by atoms with Crippen molar-refractivity contribution in [2.24, 2.45) is 10.4 Å². The number of aromatic nitrogens is 1. The highest BCUT2D eigenvalue weighted by molar-refractivity contribution is 7.07. The molecule has 0 aliphatic rings. The number of nitro benzene ring substituents is 1. The second-order valence-corrected chi connectivity index (χ2v) is 4.62. The number of rotatable bonds is 5. The molecule has 20 heavy (non-hydrogen) atoms. The molecule has 0 aliphatic heterocycles. The van der Waals surface area contributed by atoms with E-state index in [1.54, 1.807) is 22.8 Å². The summed E-state index contributed by atoms with van der Waals surface area (Å²) in [7, 11) is 0. The number of hydrogen-bond acceptors (Lipinski definition) is 5. The molecule has 0 amide bonds. The molecule has 2 rings (SSSR count). The molecule has 7 nitrogen and oxygen atoms in total. The van der Waals surface area contributed by atoms with Crippen LogP contribution >= 0.6 is 11.3 Å². The molecular weight excluding hydrogens is 280 g/mol. The fourth-order valence-electron chi connectivity index (χ4n) is 1.73. The summed E-state index contributed by atoms with van der Waals surface area (Å²) in [4.78, 5) is 20.9. The smallest absolute Gasteiger partial charge is 0.269 e. The van der Waals surface area contributed by atoms with E-state index in [1.165, 1.54) is 23.5 Å². The lowest BCUT2D eigenvalue weighted by molar-refractivity contribution is -0.384. The summed E-state index contributed by atoms with van der Waals surface area (Å²) in [5, 5.41) is 18.5. The topological polar surface area (TPSA) is 89.9 Å². The fraction of sp³-hybridized carbons (Fsp3) is 0.0833. The minimum absolute atomic E-state index is 0.0266. The molecule has 0 aliphatic carbocycles. The summed E-state index contributed by atoms with van der Waals surface area (Å²) in [5.74, 6) is 0. The molecule has 0 radical (unpaired) electrons. The lowest BCUT2D eigenvalue weighted by Gasteiger charge is -2.05. The molecular formula is C12H10N4O3S. The van der Waals surface area contributed by atoms with Gasteiger partial charge in [0.15, 0.2) is 0 Å². The summed E-state index contributed by atoms with van der Waals surface area (Å²) in [6.45, 7) is 4.12. The number of allylic oxidation sites excluding steroid dienone is 1. The third-order valence-corrected chi connectivity index (χ3v) is 3.46. The Morgan fingerprint density at radius 1 is 1.40 bits per heavy atom. The van der Waals surface area contributed by atoms with E-state index in [2.05, 4.69) is 17.0 Å². The van der Waals surface area contributed by atoms with Gasteiger partial charge < -0.3 is 4.57 Å². The Hall–Kier alpha value is -2.61. The van der Waals surface area contributed by atoms with Crippen molar-refractivity contribution in [3.63, 3.8) is 0 Å². The molecule has 1 aromatic carbocycles. The first-order chi connectivity index (χ1) is 9.67. The van der Waals surface area contributed by atoms with E-state index in [0.717, 1.165) is 11.3 Å². The van der Waals surface area contributed by atoms with Gasteiger partial charge in [-0.3, -0.25) is 10.1 Å². The zero-order chi connectivity index (χ0) is 14.5. The van der Waals surface area contributed by atoms with Crippen molar-refractivity contribution < 1.29 is 4.92 Å². The van der Waals surface area contributed by atoms with Gasteiger partial charge in [-0.25, -0.2) is 0 Å². The first kappa shape index (κ1) is 13.8. The van der Waals surface area contributed by atoms with Gasteiger partial charge in [0.05, 0.1) is 15.9 Å². The second kappa shape index (κ2) is 6.02. The first-order valence-electron chi connectivity index (χ1n) is 5.57. The Bertz CT molecular complexity index is 715. The van der Waals surface area contributed by atoms with Crippen LogP contribution in [0.25, 0.3) is 11.3 Å². The number of nitrogens with zero attached hydrogens (tertiary/aromatic N) is 4. The highest BCUT2D eigenvalue weighted by Gasteiger charge is 2.10. The first-order valence-corrected chi connectivity index (χ1v) is 6.45. The third-order valence-electron chi connectivity index (χ3n) is 2.61. The third kappa shape index (κ3) is 2.69. The minimum atomic E-state index is -0.452. The lowest BCUT2D eigenvalue weighted by atomic mass is 10.1. The number of hydrogen-bond donors (Lipinski definition) is 0. The zero-order valence-electron chi connectivity index (χ0n) is 10.3. The normalized spacial score (nSPS) is 11.3. The maximum absolute atomic E-state index is 10.6. The van der Waals surface area contributed by atoms with Gasteiger partial charge in [-0.1, -0.05) is 11.2 Å². The van der Waals surface area contributed by atoms with Crippen LogP contribution in [0.2, 0.25) is 0 Å². The molecule has 0 N–H and O–H groups in total. The van der Waals surface area contributed by atoms with Gasteiger partial charge in [-0.2, -0.15) is 0 Å². The van der Waals surface area contributed by atoms with Crippen molar-refractivity contribution in [1.29, 1.82) is 0 Å². The average molecular weight is 290 g/mol. The van der Waals surface area contributed by atoms with Gasteiger partial charge in [0.2, 0.25) is 4.80 Å². The van der Waals surface area contributed by atoms with Crippen molar-refractivity contribution in [3.8, 4) is 11.3 Å². The Morgan fingerprint density at radius 3 is 2.65 bits per heavy atom. The van der Waals surface area contributed by atoms with Gasteiger partial charge in [0.1, 0.15) is 0 Å². The summed E-state index contributed by atoms with van der Waals surface area (Å²) < 4.78 is 1.76. The maximum atomic E-state index is 10.6. The fourth-order valence-corrected chi connectivity index (χ4v) is 2.60. The minimum Gasteiger partial charge on any atom is -0.311 e. The Kier molecular flexibility index (Phi) is 4.16. The predicted molar refractivity (Wildman–Crippen MR) is 76.0 cm³/mol. The van der Waals surface area contributed by atoms with Gasteiger partial charge in [0, 0.05) is 24.1 Å². The molecule has 2 aromatic rings. The van der Waals surface area contributed by atoms with E-state index in [9.17, 15) is 15.0 Å². The van der Waals surface area contributed by atoms with Crippen LogP contribution in [0.1, 0.15) is 0 Å². The maximum Gasteiger partial charge on any atom is 0.269 e. The second-order valence-electron chi connectivity index (χ2n) is 3.79. The average Bonchev–Trinajstić information content (AvgIpc) is 2.83. The molecule has 1 aromatic heterocycles. The van der Waals surface area contributed by atoms with Crippen molar-refractivity contribution in [3.05, 3.63) is 62.1 Å². The van der Waals surface area contributed by atoms with Gasteiger partial charge >= 0.3 is 0 Å². The number of non-ortho nitro benzene ring substituents is 1. The lowest BCUT2D eigenvalue weighted by Crippen LogP contribution is -2.14.